The van der Waals surface area contributed by atoms with Gasteiger partial charge in [0.25, 0.3) is 0 Å². The van der Waals surface area contributed by atoms with Gasteiger partial charge in [0.1, 0.15) is 0 Å². The van der Waals surface area contributed by atoms with Gasteiger partial charge in [-0.05, 0) is 23.1 Å². The Bertz CT molecular complexity index is 706. The van der Waals surface area contributed by atoms with Crippen molar-refractivity contribution in [1.82, 2.24) is 14.7 Å². The molecule has 1 atom stereocenters. The fourth-order valence-electron chi connectivity index (χ4n) is 4.19. The predicted octanol–water partition coefficient (Wildman–Crippen LogP) is 2.18. The van der Waals surface area contributed by atoms with Crippen LogP contribution in [0.2, 0.25) is 0 Å². The zero-order valence-corrected chi connectivity index (χ0v) is 15.4. The van der Waals surface area contributed by atoms with Crippen LogP contribution in [0, 0.1) is 0 Å². The lowest BCUT2D eigenvalue weighted by atomic mass is 10.00. The molecule has 0 bridgehead atoms. The van der Waals surface area contributed by atoms with Crippen molar-refractivity contribution in [2.45, 2.75) is 25.6 Å². The normalized spacial score (nSPS) is 20.2. The van der Waals surface area contributed by atoms with Gasteiger partial charge in [-0.15, -0.1) is 0 Å². The first-order valence-electron chi connectivity index (χ1n) is 9.72. The van der Waals surface area contributed by atoms with Crippen LogP contribution in [0.1, 0.15) is 16.7 Å². The summed E-state index contributed by atoms with van der Waals surface area (Å²) in [5, 5.41) is 10.6. The van der Waals surface area contributed by atoms with Gasteiger partial charge in [-0.25, -0.2) is 0 Å². The minimum Gasteiger partial charge on any atom is -0.390 e. The second-order valence-corrected chi connectivity index (χ2v) is 7.66. The fraction of sp³-hybridized carbons (Fsp3) is 0.455. The lowest BCUT2D eigenvalue weighted by molar-refractivity contribution is 0.0706. The fourth-order valence-corrected chi connectivity index (χ4v) is 4.19. The summed E-state index contributed by atoms with van der Waals surface area (Å²) in [6.07, 6.45) is 0.814. The van der Waals surface area contributed by atoms with Gasteiger partial charge in [-0.2, -0.15) is 0 Å². The highest BCUT2D eigenvalue weighted by molar-refractivity contribution is 5.29. The van der Waals surface area contributed by atoms with Gasteiger partial charge in [0.05, 0.1) is 12.8 Å². The van der Waals surface area contributed by atoms with Gasteiger partial charge in [0.15, 0.2) is 0 Å². The molecule has 4 rings (SSSR count). The molecule has 1 fully saturated rings. The second kappa shape index (κ2) is 8.31. The number of nitrogens with zero attached hydrogens (tertiary/aromatic N) is 3. The summed E-state index contributed by atoms with van der Waals surface area (Å²) >= 11 is 0. The summed E-state index contributed by atoms with van der Waals surface area (Å²) in [7, 11) is 0. The van der Waals surface area contributed by atoms with Crippen molar-refractivity contribution in [3.8, 4) is 0 Å². The van der Waals surface area contributed by atoms with Crippen LogP contribution in [0.25, 0.3) is 0 Å². The Kier molecular flexibility index (Phi) is 5.65. The van der Waals surface area contributed by atoms with Gasteiger partial charge >= 0.3 is 0 Å². The van der Waals surface area contributed by atoms with Gasteiger partial charge in [-0.3, -0.25) is 14.7 Å². The van der Waals surface area contributed by atoms with Crippen molar-refractivity contribution >= 4 is 0 Å². The largest absolute Gasteiger partial charge is 0.390 e. The number of fused-ring (bicyclic) bond motifs is 1. The molecule has 0 spiro atoms. The molecule has 2 aliphatic rings. The van der Waals surface area contributed by atoms with E-state index in [1.165, 1.54) is 16.7 Å². The lowest BCUT2D eigenvalue weighted by Crippen LogP contribution is -2.42. The molecule has 138 valence electrons. The van der Waals surface area contributed by atoms with Crippen LogP contribution in [0.3, 0.4) is 0 Å². The number of aliphatic hydroxyl groups is 1. The van der Waals surface area contributed by atoms with Gasteiger partial charge in [-0.1, -0.05) is 54.6 Å². The van der Waals surface area contributed by atoms with E-state index in [9.17, 15) is 5.11 Å². The summed E-state index contributed by atoms with van der Waals surface area (Å²) in [6, 6.07) is 19.3. The third-order valence-electron chi connectivity index (χ3n) is 5.53. The quantitative estimate of drug-likeness (QED) is 0.864. The third kappa shape index (κ3) is 4.51. The zero-order valence-electron chi connectivity index (χ0n) is 15.4. The van der Waals surface area contributed by atoms with Crippen LogP contribution in [-0.2, 0) is 19.5 Å². The van der Waals surface area contributed by atoms with Crippen molar-refractivity contribution in [2.24, 2.45) is 0 Å². The molecule has 1 N–H and O–H groups in total. The molecule has 26 heavy (non-hydrogen) atoms. The average Bonchev–Trinajstić information content (AvgIpc) is 3.09. The Balaban J connectivity index is 1.22. The molecule has 0 amide bonds. The standard InChI is InChI=1S/C22H29N3O/c26-22(16-23-11-10-20-8-4-5-9-21(20)15-23)17-25-13-12-24(18-25)14-19-6-2-1-3-7-19/h1-9,22,26H,10-18H2. The molecular weight excluding hydrogens is 322 g/mol. The van der Waals surface area contributed by atoms with E-state index in [-0.39, 0.29) is 6.10 Å². The second-order valence-electron chi connectivity index (χ2n) is 7.66. The van der Waals surface area contributed by atoms with E-state index in [1.807, 2.05) is 0 Å². The van der Waals surface area contributed by atoms with Crippen molar-refractivity contribution in [3.05, 3.63) is 71.3 Å². The van der Waals surface area contributed by atoms with Crippen LogP contribution in [0.4, 0.5) is 0 Å². The molecule has 0 radical (unpaired) electrons. The summed E-state index contributed by atoms with van der Waals surface area (Å²) in [4.78, 5) is 7.23. The van der Waals surface area contributed by atoms with E-state index in [4.69, 9.17) is 0 Å². The molecule has 2 aromatic carbocycles. The Morgan fingerprint density at radius 1 is 0.769 bits per heavy atom. The van der Waals surface area contributed by atoms with Crippen molar-refractivity contribution < 1.29 is 5.11 Å². The van der Waals surface area contributed by atoms with Gasteiger partial charge in [0, 0.05) is 45.8 Å². The van der Waals surface area contributed by atoms with Crippen LogP contribution >= 0.6 is 0 Å². The molecule has 1 saturated heterocycles. The maximum atomic E-state index is 10.6. The SMILES string of the molecule is OC(CN1CCc2ccccc2C1)CN1CCN(Cc2ccccc2)C1. The molecule has 2 heterocycles. The van der Waals surface area contributed by atoms with Crippen molar-refractivity contribution in [3.63, 3.8) is 0 Å². The molecule has 2 aliphatic heterocycles. The average molecular weight is 351 g/mol. The lowest BCUT2D eigenvalue weighted by Gasteiger charge is -2.31. The minimum absolute atomic E-state index is 0.281. The van der Waals surface area contributed by atoms with Crippen LogP contribution in [-0.4, -0.2) is 65.3 Å². The Morgan fingerprint density at radius 3 is 2.31 bits per heavy atom. The summed E-state index contributed by atoms with van der Waals surface area (Å²) < 4.78 is 0. The molecular formula is C22H29N3O. The molecule has 0 aliphatic carbocycles. The van der Waals surface area contributed by atoms with E-state index in [0.29, 0.717) is 0 Å². The van der Waals surface area contributed by atoms with Gasteiger partial charge < -0.3 is 5.11 Å². The molecule has 4 heteroatoms. The van der Waals surface area contributed by atoms with Crippen LogP contribution in [0.5, 0.6) is 0 Å². The summed E-state index contributed by atoms with van der Waals surface area (Å²) in [6.45, 7) is 7.63. The van der Waals surface area contributed by atoms with Crippen molar-refractivity contribution in [2.75, 3.05) is 39.4 Å². The predicted molar refractivity (Wildman–Crippen MR) is 105 cm³/mol. The number of rotatable bonds is 6. The number of aliphatic hydroxyl groups excluding tert-OH is 1. The number of β-amino-alcohol motifs (C(OH)–C–C–N with tert-alkyl or cyclic N) is 1. The zero-order chi connectivity index (χ0) is 17.8. The maximum Gasteiger partial charge on any atom is 0.0794 e. The highest BCUT2D eigenvalue weighted by atomic mass is 16.3. The smallest absolute Gasteiger partial charge is 0.0794 e. The first-order valence-corrected chi connectivity index (χ1v) is 9.72. The van der Waals surface area contributed by atoms with E-state index in [2.05, 4.69) is 69.3 Å². The minimum atomic E-state index is -0.281. The summed E-state index contributed by atoms with van der Waals surface area (Å²) in [5.41, 5.74) is 4.25. The molecule has 2 aromatic rings. The third-order valence-corrected chi connectivity index (χ3v) is 5.53. The number of hydrogen-bond donors (Lipinski definition) is 1. The maximum absolute atomic E-state index is 10.6. The van der Waals surface area contributed by atoms with E-state index >= 15 is 0 Å². The Morgan fingerprint density at radius 2 is 1.46 bits per heavy atom. The highest BCUT2D eigenvalue weighted by Crippen LogP contribution is 2.19. The van der Waals surface area contributed by atoms with Crippen molar-refractivity contribution in [1.29, 1.82) is 0 Å². The van der Waals surface area contributed by atoms with Crippen LogP contribution in [0.15, 0.2) is 54.6 Å². The van der Waals surface area contributed by atoms with E-state index in [0.717, 1.165) is 58.9 Å². The topological polar surface area (TPSA) is 30.0 Å². The molecule has 0 aromatic heterocycles. The van der Waals surface area contributed by atoms with E-state index < -0.39 is 0 Å². The van der Waals surface area contributed by atoms with E-state index in [1.54, 1.807) is 0 Å². The number of hydrogen-bond acceptors (Lipinski definition) is 4. The molecule has 4 nitrogen and oxygen atoms in total. The first kappa shape index (κ1) is 17.7. The first-order chi connectivity index (χ1) is 12.8. The molecule has 1 unspecified atom stereocenters. The molecule has 0 saturated carbocycles. The monoisotopic (exact) mass is 351 g/mol. The van der Waals surface area contributed by atoms with Gasteiger partial charge in [0.2, 0.25) is 0 Å². The Hall–Kier alpha value is -1.72. The highest BCUT2D eigenvalue weighted by Gasteiger charge is 2.24. The van der Waals surface area contributed by atoms with Crippen LogP contribution < -0.4 is 0 Å². The Labute approximate surface area is 156 Å². The summed E-state index contributed by atoms with van der Waals surface area (Å²) in [5.74, 6) is 0. The number of benzene rings is 2.